The van der Waals surface area contributed by atoms with E-state index in [1.54, 1.807) is 0 Å². The quantitative estimate of drug-likeness (QED) is 0.863. The fourth-order valence-corrected chi connectivity index (χ4v) is 4.02. The molecule has 5 heteroatoms. The summed E-state index contributed by atoms with van der Waals surface area (Å²) in [5, 5.41) is 2.23. The molecular formula is C17H24BN3O. The number of hydrogen-bond donors (Lipinski definition) is 1. The van der Waals surface area contributed by atoms with Crippen LogP contribution in [-0.4, -0.2) is 34.5 Å². The second kappa shape index (κ2) is 4.83. The molecule has 1 aromatic carbocycles. The molecule has 2 fully saturated rings. The van der Waals surface area contributed by atoms with Gasteiger partial charge in [0.05, 0.1) is 22.7 Å². The average Bonchev–Trinajstić information content (AvgIpc) is 3.09. The van der Waals surface area contributed by atoms with Crippen LogP contribution >= 0.6 is 0 Å². The van der Waals surface area contributed by atoms with Gasteiger partial charge in [-0.2, -0.15) is 5.06 Å². The first-order valence-corrected chi connectivity index (χ1v) is 8.34. The second-order valence-corrected chi connectivity index (χ2v) is 7.88. The van der Waals surface area contributed by atoms with E-state index in [1.165, 1.54) is 24.7 Å². The Labute approximate surface area is 132 Å². The Morgan fingerprint density at radius 1 is 1.32 bits per heavy atom. The maximum atomic E-state index is 6.29. The number of aromatic nitrogens is 2. The van der Waals surface area contributed by atoms with Crippen LogP contribution < -0.4 is 5.46 Å². The Morgan fingerprint density at radius 3 is 2.91 bits per heavy atom. The fraction of sp³-hybridized carbons (Fsp3) is 0.588. The van der Waals surface area contributed by atoms with E-state index >= 15 is 0 Å². The van der Waals surface area contributed by atoms with Crippen molar-refractivity contribution in [2.45, 2.75) is 57.7 Å². The molecule has 1 saturated carbocycles. The average molecular weight is 297 g/mol. The fourth-order valence-electron chi connectivity index (χ4n) is 4.02. The minimum absolute atomic E-state index is 0.161. The largest absolute Gasteiger partial charge is 0.341 e. The molecule has 2 bridgehead atoms. The van der Waals surface area contributed by atoms with Crippen LogP contribution in [0.3, 0.4) is 0 Å². The molecule has 2 heterocycles. The molecule has 2 aromatic rings. The molecule has 1 N–H and O–H groups in total. The lowest BCUT2D eigenvalue weighted by molar-refractivity contribution is -0.267. The number of imidazole rings is 1. The van der Waals surface area contributed by atoms with Gasteiger partial charge >= 0.3 is 0 Å². The van der Waals surface area contributed by atoms with E-state index in [4.69, 9.17) is 9.82 Å². The third kappa shape index (κ3) is 2.36. The van der Waals surface area contributed by atoms with E-state index in [0.29, 0.717) is 12.0 Å². The molecule has 3 atom stereocenters. The molecule has 1 aliphatic heterocycles. The summed E-state index contributed by atoms with van der Waals surface area (Å²) < 4.78 is 0. The summed E-state index contributed by atoms with van der Waals surface area (Å²) in [4.78, 5) is 14.7. The maximum absolute atomic E-state index is 6.29. The highest BCUT2D eigenvalue weighted by atomic mass is 16.7. The van der Waals surface area contributed by atoms with Crippen molar-refractivity contribution in [2.75, 3.05) is 0 Å². The van der Waals surface area contributed by atoms with Crippen molar-refractivity contribution in [2.24, 2.45) is 5.92 Å². The number of nitrogens with zero attached hydrogens (tertiary/aromatic N) is 2. The minimum Gasteiger partial charge on any atom is -0.341 e. The minimum atomic E-state index is -0.161. The zero-order chi connectivity index (χ0) is 15.5. The molecule has 1 aliphatic carbocycles. The highest BCUT2D eigenvalue weighted by Crippen LogP contribution is 2.50. The molecule has 4 rings (SSSR count). The Morgan fingerprint density at radius 2 is 2.14 bits per heavy atom. The Hall–Kier alpha value is -1.33. The summed E-state index contributed by atoms with van der Waals surface area (Å²) in [6.07, 6.45) is 3.77. The van der Waals surface area contributed by atoms with E-state index in [0.717, 1.165) is 16.9 Å². The molecule has 0 spiro atoms. The summed E-state index contributed by atoms with van der Waals surface area (Å²) in [5.41, 5.74) is 3.29. The van der Waals surface area contributed by atoms with Gasteiger partial charge in [0.25, 0.3) is 0 Å². The highest BCUT2D eigenvalue weighted by molar-refractivity contribution is 6.33. The number of aromatic amines is 1. The number of hydrogen-bond acceptors (Lipinski definition) is 3. The first-order valence-electron chi connectivity index (χ1n) is 8.34. The van der Waals surface area contributed by atoms with Crippen molar-refractivity contribution in [3.63, 3.8) is 0 Å². The zero-order valence-electron chi connectivity index (χ0n) is 13.9. The lowest BCUT2D eigenvalue weighted by Crippen LogP contribution is -2.41. The van der Waals surface area contributed by atoms with Gasteiger partial charge in [0.15, 0.2) is 0 Å². The number of H-pyrrole nitrogens is 1. The van der Waals surface area contributed by atoms with E-state index in [-0.39, 0.29) is 11.6 Å². The molecule has 1 aromatic heterocycles. The van der Waals surface area contributed by atoms with Crippen LogP contribution in [0.2, 0.25) is 0 Å². The Kier molecular flexibility index (Phi) is 3.14. The summed E-state index contributed by atoms with van der Waals surface area (Å²) in [6.45, 7) is 6.37. The standard InChI is InChI=1S/C17H24BN3O/c1-17(2,3)22-21-12-6-4-10(8-12)15(21)16-19-13-7-5-11(18)9-14(13)20-16/h5,7,9-10,12,15H,4,6,8,18H2,1-3H3,(H,19,20)/t10-,12+,15-/m0/s1. The monoisotopic (exact) mass is 297 g/mol. The van der Waals surface area contributed by atoms with Crippen LogP contribution in [0.4, 0.5) is 0 Å². The van der Waals surface area contributed by atoms with Crippen molar-refractivity contribution in [3.05, 3.63) is 24.0 Å². The summed E-state index contributed by atoms with van der Waals surface area (Å²) in [6, 6.07) is 7.22. The Balaban J connectivity index is 1.71. The van der Waals surface area contributed by atoms with Crippen LogP contribution in [0.5, 0.6) is 0 Å². The smallest absolute Gasteiger partial charge is 0.139 e. The van der Waals surface area contributed by atoms with E-state index in [9.17, 15) is 0 Å². The van der Waals surface area contributed by atoms with E-state index < -0.39 is 0 Å². The first kappa shape index (κ1) is 14.3. The predicted octanol–water partition coefficient (Wildman–Crippen LogP) is 2.08. The maximum Gasteiger partial charge on any atom is 0.139 e. The van der Waals surface area contributed by atoms with Gasteiger partial charge in [-0.1, -0.05) is 11.5 Å². The topological polar surface area (TPSA) is 41.2 Å². The zero-order valence-corrected chi connectivity index (χ0v) is 13.9. The van der Waals surface area contributed by atoms with Gasteiger partial charge in [-0.3, -0.25) is 4.84 Å². The number of hydroxylamine groups is 2. The van der Waals surface area contributed by atoms with Gasteiger partial charge in [0.1, 0.15) is 13.7 Å². The third-order valence-electron chi connectivity index (χ3n) is 4.84. The lowest BCUT2D eigenvalue weighted by Gasteiger charge is -2.37. The normalized spacial score (nSPS) is 28.8. The highest BCUT2D eigenvalue weighted by Gasteiger charge is 2.49. The van der Waals surface area contributed by atoms with Gasteiger partial charge in [-0.15, -0.1) is 0 Å². The summed E-state index contributed by atoms with van der Waals surface area (Å²) >= 11 is 0. The van der Waals surface area contributed by atoms with Crippen LogP contribution in [0.1, 0.15) is 51.9 Å². The van der Waals surface area contributed by atoms with Crippen LogP contribution in [0.25, 0.3) is 11.0 Å². The molecule has 1 saturated heterocycles. The van der Waals surface area contributed by atoms with Crippen LogP contribution in [0.15, 0.2) is 18.2 Å². The lowest BCUT2D eigenvalue weighted by atomic mass is 9.96. The van der Waals surface area contributed by atoms with Gasteiger partial charge in [0, 0.05) is 6.04 Å². The number of benzene rings is 1. The molecular weight excluding hydrogens is 273 g/mol. The van der Waals surface area contributed by atoms with Crippen molar-refractivity contribution in [1.29, 1.82) is 0 Å². The molecule has 0 radical (unpaired) electrons. The summed E-state index contributed by atoms with van der Waals surface area (Å²) in [7, 11) is 2.12. The van der Waals surface area contributed by atoms with Crippen LogP contribution in [0, 0.1) is 5.92 Å². The van der Waals surface area contributed by atoms with Crippen molar-refractivity contribution in [3.8, 4) is 0 Å². The van der Waals surface area contributed by atoms with Gasteiger partial charge in [-0.25, -0.2) is 4.98 Å². The number of rotatable bonds is 2. The van der Waals surface area contributed by atoms with Crippen molar-refractivity contribution >= 4 is 24.3 Å². The van der Waals surface area contributed by atoms with E-state index in [2.05, 4.69) is 56.9 Å². The number of nitrogens with one attached hydrogen (secondary N) is 1. The number of piperidine rings is 1. The van der Waals surface area contributed by atoms with Gasteiger partial charge in [0.2, 0.25) is 0 Å². The third-order valence-corrected chi connectivity index (χ3v) is 4.84. The second-order valence-electron chi connectivity index (χ2n) is 7.88. The molecule has 4 nitrogen and oxygen atoms in total. The SMILES string of the molecule is Bc1ccc2nc([C@@H]3[C@H]4CC[C@H](C4)N3OC(C)(C)C)[nH]c2c1. The molecule has 2 aliphatic rings. The molecule has 0 unspecified atom stereocenters. The molecule has 0 amide bonds. The van der Waals surface area contributed by atoms with Gasteiger partial charge in [-0.05, 0) is 58.1 Å². The summed E-state index contributed by atoms with van der Waals surface area (Å²) in [5.74, 6) is 1.73. The van der Waals surface area contributed by atoms with Gasteiger partial charge < -0.3 is 4.98 Å². The van der Waals surface area contributed by atoms with E-state index in [1.807, 2.05) is 0 Å². The molecule has 116 valence electrons. The van der Waals surface area contributed by atoms with Crippen LogP contribution in [-0.2, 0) is 4.84 Å². The molecule has 22 heavy (non-hydrogen) atoms. The van der Waals surface area contributed by atoms with Crippen molar-refractivity contribution < 1.29 is 4.84 Å². The Bertz CT molecular complexity index is 705. The van der Waals surface area contributed by atoms with Crippen molar-refractivity contribution in [1.82, 2.24) is 15.0 Å². The number of fused-ring (bicyclic) bond motifs is 3. The predicted molar refractivity (Wildman–Crippen MR) is 90.8 cm³/mol. The first-order chi connectivity index (χ1) is 10.4.